The highest BCUT2D eigenvalue weighted by atomic mass is 32.1. The smallest absolute Gasteiger partial charge is 0.0904 e. The Hall–Kier alpha value is -1.35. The molecule has 16 heavy (non-hydrogen) atoms. The Morgan fingerprint density at radius 3 is 2.38 bits per heavy atom. The average Bonchev–Trinajstić information content (AvgIpc) is 2.61. The van der Waals surface area contributed by atoms with Crippen molar-refractivity contribution in [1.82, 2.24) is 4.98 Å². The molecule has 0 unspecified atom stereocenters. The first-order valence-electron chi connectivity index (χ1n) is 5.41. The molecule has 1 heterocycles. The quantitative estimate of drug-likeness (QED) is 0.799. The molecule has 1 aromatic heterocycles. The van der Waals surface area contributed by atoms with Crippen LogP contribution in [0.25, 0.3) is 11.3 Å². The standard InChI is InChI=1S/C13H16N2S/c1-8(2)13-12(15-9(3)16-13)10-4-6-11(14)7-5-10/h4-8H,14H2,1-3H3. The van der Waals surface area contributed by atoms with E-state index in [1.807, 2.05) is 24.3 Å². The van der Waals surface area contributed by atoms with E-state index in [2.05, 4.69) is 25.8 Å². The van der Waals surface area contributed by atoms with Crippen molar-refractivity contribution in [3.8, 4) is 11.3 Å². The topological polar surface area (TPSA) is 38.9 Å². The number of nitrogen functional groups attached to an aromatic ring is 1. The highest BCUT2D eigenvalue weighted by molar-refractivity contribution is 7.12. The highest BCUT2D eigenvalue weighted by Crippen LogP contribution is 2.33. The van der Waals surface area contributed by atoms with Crippen molar-refractivity contribution in [2.24, 2.45) is 0 Å². The van der Waals surface area contributed by atoms with Crippen molar-refractivity contribution < 1.29 is 0 Å². The minimum atomic E-state index is 0.513. The molecule has 1 aromatic carbocycles. The van der Waals surface area contributed by atoms with Crippen LogP contribution < -0.4 is 5.73 Å². The Bertz CT molecular complexity index is 483. The average molecular weight is 232 g/mol. The summed E-state index contributed by atoms with van der Waals surface area (Å²) < 4.78 is 0. The maximum atomic E-state index is 5.69. The number of aryl methyl sites for hydroxylation is 1. The Morgan fingerprint density at radius 2 is 1.81 bits per heavy atom. The van der Waals surface area contributed by atoms with Crippen molar-refractivity contribution in [3.05, 3.63) is 34.2 Å². The fourth-order valence-corrected chi connectivity index (χ4v) is 2.63. The van der Waals surface area contributed by atoms with Crippen molar-refractivity contribution in [2.45, 2.75) is 26.7 Å². The van der Waals surface area contributed by atoms with Gasteiger partial charge in [-0.2, -0.15) is 0 Å². The largest absolute Gasteiger partial charge is 0.399 e. The molecule has 0 saturated heterocycles. The number of hydrogen-bond acceptors (Lipinski definition) is 3. The van der Waals surface area contributed by atoms with E-state index in [4.69, 9.17) is 5.73 Å². The predicted octanol–water partition coefficient (Wildman–Crippen LogP) is 3.82. The second-order valence-electron chi connectivity index (χ2n) is 4.22. The third-order valence-corrected chi connectivity index (χ3v) is 3.74. The van der Waals surface area contributed by atoms with Gasteiger partial charge in [-0.3, -0.25) is 0 Å². The van der Waals surface area contributed by atoms with Crippen LogP contribution >= 0.6 is 11.3 Å². The van der Waals surface area contributed by atoms with Crippen molar-refractivity contribution >= 4 is 17.0 Å². The first-order valence-corrected chi connectivity index (χ1v) is 6.23. The van der Waals surface area contributed by atoms with Gasteiger partial charge in [-0.15, -0.1) is 11.3 Å². The van der Waals surface area contributed by atoms with Crippen LogP contribution in [-0.4, -0.2) is 4.98 Å². The fraction of sp³-hybridized carbons (Fsp3) is 0.308. The minimum Gasteiger partial charge on any atom is -0.399 e. The third-order valence-electron chi connectivity index (χ3n) is 2.47. The van der Waals surface area contributed by atoms with Gasteiger partial charge in [0.2, 0.25) is 0 Å². The number of aromatic nitrogens is 1. The summed E-state index contributed by atoms with van der Waals surface area (Å²) in [7, 11) is 0. The lowest BCUT2D eigenvalue weighted by molar-refractivity contribution is 0.888. The molecule has 0 aliphatic carbocycles. The predicted molar refractivity (Wildman–Crippen MR) is 70.8 cm³/mol. The molecule has 0 atom stereocenters. The Labute approximate surface area is 100 Å². The van der Waals surface area contributed by atoms with Crippen LogP contribution in [0, 0.1) is 6.92 Å². The lowest BCUT2D eigenvalue weighted by Crippen LogP contribution is -1.89. The zero-order valence-electron chi connectivity index (χ0n) is 9.82. The molecule has 0 aliphatic rings. The number of anilines is 1. The number of nitrogens with zero attached hydrogens (tertiary/aromatic N) is 1. The van der Waals surface area contributed by atoms with Gasteiger partial charge in [0.25, 0.3) is 0 Å². The molecule has 84 valence electrons. The molecule has 2 aromatic rings. The van der Waals surface area contributed by atoms with E-state index in [9.17, 15) is 0 Å². The minimum absolute atomic E-state index is 0.513. The molecule has 0 amide bonds. The van der Waals surface area contributed by atoms with Crippen LogP contribution in [0.5, 0.6) is 0 Å². The number of nitrogens with two attached hydrogens (primary N) is 1. The second kappa shape index (κ2) is 4.26. The lowest BCUT2D eigenvalue weighted by Gasteiger charge is -2.05. The Balaban J connectivity index is 2.50. The van der Waals surface area contributed by atoms with Crippen LogP contribution in [0.3, 0.4) is 0 Å². The molecule has 0 radical (unpaired) electrons. The maximum Gasteiger partial charge on any atom is 0.0904 e. The van der Waals surface area contributed by atoms with E-state index >= 15 is 0 Å². The molecule has 3 heteroatoms. The van der Waals surface area contributed by atoms with E-state index in [-0.39, 0.29) is 0 Å². The van der Waals surface area contributed by atoms with Gasteiger partial charge in [0.1, 0.15) is 0 Å². The zero-order valence-corrected chi connectivity index (χ0v) is 10.6. The van der Waals surface area contributed by atoms with Crippen LogP contribution in [0.2, 0.25) is 0 Å². The SMILES string of the molecule is Cc1nc(-c2ccc(N)cc2)c(C(C)C)s1. The van der Waals surface area contributed by atoms with Crippen molar-refractivity contribution in [1.29, 1.82) is 0 Å². The van der Waals surface area contributed by atoms with E-state index < -0.39 is 0 Å². The van der Waals surface area contributed by atoms with Gasteiger partial charge in [-0.05, 0) is 25.0 Å². The maximum absolute atomic E-state index is 5.69. The molecule has 2 N–H and O–H groups in total. The van der Waals surface area contributed by atoms with E-state index in [0.29, 0.717) is 5.92 Å². The van der Waals surface area contributed by atoms with Gasteiger partial charge in [0, 0.05) is 16.1 Å². The summed E-state index contributed by atoms with van der Waals surface area (Å²) in [5.74, 6) is 0.513. The summed E-state index contributed by atoms with van der Waals surface area (Å²) >= 11 is 1.78. The number of rotatable bonds is 2. The monoisotopic (exact) mass is 232 g/mol. The van der Waals surface area contributed by atoms with E-state index in [1.54, 1.807) is 11.3 Å². The second-order valence-corrected chi connectivity index (χ2v) is 5.46. The molecular formula is C13H16N2S. The summed E-state index contributed by atoms with van der Waals surface area (Å²) in [6.07, 6.45) is 0. The molecule has 0 bridgehead atoms. The Morgan fingerprint density at radius 1 is 1.19 bits per heavy atom. The number of benzene rings is 1. The molecule has 2 nitrogen and oxygen atoms in total. The van der Waals surface area contributed by atoms with Gasteiger partial charge in [-0.25, -0.2) is 4.98 Å². The van der Waals surface area contributed by atoms with E-state index in [1.165, 1.54) is 4.88 Å². The van der Waals surface area contributed by atoms with Crippen molar-refractivity contribution in [3.63, 3.8) is 0 Å². The molecule has 0 saturated carbocycles. The highest BCUT2D eigenvalue weighted by Gasteiger charge is 2.13. The molecule has 2 rings (SSSR count). The summed E-state index contributed by atoms with van der Waals surface area (Å²) in [6.45, 7) is 6.46. The van der Waals surface area contributed by atoms with Gasteiger partial charge in [0.15, 0.2) is 0 Å². The lowest BCUT2D eigenvalue weighted by atomic mass is 10.1. The number of hydrogen-bond donors (Lipinski definition) is 1. The zero-order chi connectivity index (χ0) is 11.7. The molecule has 0 spiro atoms. The summed E-state index contributed by atoms with van der Waals surface area (Å²) in [5.41, 5.74) is 8.75. The van der Waals surface area contributed by atoms with Gasteiger partial charge < -0.3 is 5.73 Å². The fourth-order valence-electron chi connectivity index (χ4n) is 1.68. The molecule has 0 fully saturated rings. The van der Waals surface area contributed by atoms with Crippen LogP contribution in [0.4, 0.5) is 5.69 Å². The summed E-state index contributed by atoms with van der Waals surface area (Å²) in [6, 6.07) is 7.92. The summed E-state index contributed by atoms with van der Waals surface area (Å²) in [5, 5.41) is 1.12. The van der Waals surface area contributed by atoms with Gasteiger partial charge >= 0.3 is 0 Å². The number of thiazole rings is 1. The molecule has 0 aliphatic heterocycles. The summed E-state index contributed by atoms with van der Waals surface area (Å²) in [4.78, 5) is 5.96. The van der Waals surface area contributed by atoms with Crippen LogP contribution in [-0.2, 0) is 0 Å². The third kappa shape index (κ3) is 2.09. The van der Waals surface area contributed by atoms with Crippen LogP contribution in [0.15, 0.2) is 24.3 Å². The Kier molecular flexibility index (Phi) is 2.97. The normalized spacial score (nSPS) is 11.0. The first kappa shape index (κ1) is 11.1. The first-order chi connectivity index (χ1) is 7.58. The van der Waals surface area contributed by atoms with Crippen LogP contribution in [0.1, 0.15) is 29.7 Å². The van der Waals surface area contributed by atoms with Gasteiger partial charge in [-0.1, -0.05) is 26.0 Å². The van der Waals surface area contributed by atoms with Crippen molar-refractivity contribution in [2.75, 3.05) is 5.73 Å². The van der Waals surface area contributed by atoms with E-state index in [0.717, 1.165) is 22.0 Å². The van der Waals surface area contributed by atoms with Gasteiger partial charge in [0.05, 0.1) is 10.7 Å². The molecular weight excluding hydrogens is 216 g/mol.